The Hall–Kier alpha value is -2.69. The summed E-state index contributed by atoms with van der Waals surface area (Å²) in [5, 5.41) is 0. The van der Waals surface area contributed by atoms with Gasteiger partial charge in [-0.05, 0) is 31.0 Å². The molecule has 1 heterocycles. The Morgan fingerprint density at radius 1 is 1.12 bits per heavy atom. The van der Waals surface area contributed by atoms with Gasteiger partial charge in [0.15, 0.2) is 12.2 Å². The van der Waals surface area contributed by atoms with Crippen molar-refractivity contribution < 1.29 is 18.3 Å². The number of esters is 1. The Kier molecular flexibility index (Phi) is 3.99. The summed E-state index contributed by atoms with van der Waals surface area (Å²) in [6, 6.07) is 13.8. The van der Waals surface area contributed by atoms with Crippen LogP contribution in [0.2, 0.25) is 0 Å². The number of halogens is 1. The van der Waals surface area contributed by atoms with Gasteiger partial charge < -0.3 is 9.15 Å². The number of ether oxygens (including phenoxy) is 1. The molecule has 0 amide bonds. The molecule has 0 saturated heterocycles. The molecule has 0 bridgehead atoms. The molecule has 0 spiro atoms. The van der Waals surface area contributed by atoms with Crippen molar-refractivity contribution in [1.29, 1.82) is 0 Å². The number of rotatable bonds is 4. The molecule has 4 nitrogen and oxygen atoms in total. The predicted molar refractivity (Wildman–Crippen MR) is 90.4 cm³/mol. The van der Waals surface area contributed by atoms with Crippen molar-refractivity contribution >= 4 is 17.1 Å². The minimum atomic E-state index is -0.905. The fourth-order valence-corrected chi connectivity index (χ4v) is 3.66. The Morgan fingerprint density at radius 2 is 1.84 bits per heavy atom. The second-order valence-electron chi connectivity index (χ2n) is 6.42. The van der Waals surface area contributed by atoms with Gasteiger partial charge in [0, 0.05) is 5.56 Å². The summed E-state index contributed by atoms with van der Waals surface area (Å²) in [6.45, 7) is -0.0519. The van der Waals surface area contributed by atoms with Crippen LogP contribution in [0.3, 0.4) is 0 Å². The monoisotopic (exact) mass is 339 g/mol. The standard InChI is InChI=1S/C20H18FNO3/c21-15-8-2-1-7-14(15)20(11-5-6-12-20)19(23)24-13-18-22-16-9-3-4-10-17(16)25-18/h1-4,7-10H,5-6,11-13H2. The van der Waals surface area contributed by atoms with Crippen molar-refractivity contribution in [1.82, 2.24) is 4.98 Å². The second-order valence-corrected chi connectivity index (χ2v) is 6.42. The highest BCUT2D eigenvalue weighted by Crippen LogP contribution is 2.43. The van der Waals surface area contributed by atoms with Crippen molar-refractivity contribution in [2.24, 2.45) is 0 Å². The quantitative estimate of drug-likeness (QED) is 0.656. The predicted octanol–water partition coefficient (Wildman–Crippen LogP) is 4.52. The third kappa shape index (κ3) is 2.80. The van der Waals surface area contributed by atoms with E-state index in [1.807, 2.05) is 24.3 Å². The number of para-hydroxylation sites is 2. The largest absolute Gasteiger partial charge is 0.455 e. The van der Waals surface area contributed by atoms with E-state index in [1.165, 1.54) is 6.07 Å². The number of oxazole rings is 1. The lowest BCUT2D eigenvalue weighted by Crippen LogP contribution is -2.35. The molecular formula is C20H18FNO3. The fraction of sp³-hybridized carbons (Fsp3) is 0.300. The first-order chi connectivity index (χ1) is 12.2. The lowest BCUT2D eigenvalue weighted by Gasteiger charge is -2.27. The maximum atomic E-state index is 14.3. The van der Waals surface area contributed by atoms with Gasteiger partial charge in [0.2, 0.25) is 5.89 Å². The molecule has 0 aliphatic heterocycles. The van der Waals surface area contributed by atoms with Crippen molar-refractivity contribution in [3.8, 4) is 0 Å². The van der Waals surface area contributed by atoms with Gasteiger partial charge in [0.1, 0.15) is 11.3 Å². The molecule has 25 heavy (non-hydrogen) atoms. The Balaban J connectivity index is 1.56. The summed E-state index contributed by atoms with van der Waals surface area (Å²) in [5.41, 5.74) is 0.892. The maximum Gasteiger partial charge on any atom is 0.317 e. The molecule has 1 aliphatic carbocycles. The summed E-state index contributed by atoms with van der Waals surface area (Å²) in [4.78, 5) is 17.2. The Bertz CT molecular complexity index is 879. The molecule has 1 aliphatic rings. The number of carbonyl (C=O) groups is 1. The second kappa shape index (κ2) is 6.31. The first-order valence-electron chi connectivity index (χ1n) is 8.46. The number of nitrogens with zero attached hydrogens (tertiary/aromatic N) is 1. The average molecular weight is 339 g/mol. The van der Waals surface area contributed by atoms with Gasteiger partial charge in [-0.1, -0.05) is 43.2 Å². The van der Waals surface area contributed by atoms with Crippen LogP contribution in [0, 0.1) is 5.82 Å². The number of benzene rings is 2. The van der Waals surface area contributed by atoms with Crippen LogP contribution in [0.5, 0.6) is 0 Å². The summed E-state index contributed by atoms with van der Waals surface area (Å²) in [6.07, 6.45) is 2.96. The van der Waals surface area contributed by atoms with E-state index in [1.54, 1.807) is 18.2 Å². The molecule has 0 atom stereocenters. The number of fused-ring (bicyclic) bond motifs is 1. The SMILES string of the molecule is O=C(OCc1nc2ccccc2o1)C1(c2ccccc2F)CCCC1. The van der Waals surface area contributed by atoms with Gasteiger partial charge in [-0.25, -0.2) is 9.37 Å². The third-order valence-corrected chi connectivity index (χ3v) is 4.90. The molecule has 1 aromatic heterocycles. The molecule has 1 fully saturated rings. The van der Waals surface area contributed by atoms with Crippen LogP contribution in [0.4, 0.5) is 4.39 Å². The maximum absolute atomic E-state index is 14.3. The molecule has 0 radical (unpaired) electrons. The zero-order valence-corrected chi connectivity index (χ0v) is 13.7. The molecule has 128 valence electrons. The molecule has 0 N–H and O–H groups in total. The Labute approximate surface area is 144 Å². The van der Waals surface area contributed by atoms with Gasteiger partial charge in [-0.3, -0.25) is 4.79 Å². The first-order valence-corrected chi connectivity index (χ1v) is 8.46. The van der Waals surface area contributed by atoms with E-state index in [0.717, 1.165) is 18.4 Å². The average Bonchev–Trinajstić information content (AvgIpc) is 3.27. The van der Waals surface area contributed by atoms with E-state index in [0.29, 0.717) is 29.9 Å². The Morgan fingerprint density at radius 3 is 2.60 bits per heavy atom. The van der Waals surface area contributed by atoms with Crippen LogP contribution >= 0.6 is 0 Å². The highest BCUT2D eigenvalue weighted by molar-refractivity contribution is 5.83. The van der Waals surface area contributed by atoms with E-state index in [4.69, 9.17) is 9.15 Å². The van der Waals surface area contributed by atoms with Gasteiger partial charge in [0.05, 0.1) is 5.41 Å². The van der Waals surface area contributed by atoms with Crippen molar-refractivity contribution in [3.63, 3.8) is 0 Å². The van der Waals surface area contributed by atoms with E-state index in [9.17, 15) is 9.18 Å². The van der Waals surface area contributed by atoms with Crippen LogP contribution in [0.25, 0.3) is 11.1 Å². The topological polar surface area (TPSA) is 52.3 Å². The number of aromatic nitrogens is 1. The van der Waals surface area contributed by atoms with Crippen molar-refractivity contribution in [2.45, 2.75) is 37.7 Å². The van der Waals surface area contributed by atoms with Gasteiger partial charge in [-0.15, -0.1) is 0 Å². The van der Waals surface area contributed by atoms with Crippen LogP contribution in [-0.4, -0.2) is 11.0 Å². The zero-order valence-electron chi connectivity index (χ0n) is 13.7. The molecule has 4 rings (SSSR count). The fourth-order valence-electron chi connectivity index (χ4n) is 3.66. The third-order valence-electron chi connectivity index (χ3n) is 4.90. The number of carbonyl (C=O) groups excluding carboxylic acids is 1. The summed E-state index contributed by atoms with van der Waals surface area (Å²) in [5.74, 6) is -0.420. The molecule has 0 unspecified atom stereocenters. The van der Waals surface area contributed by atoms with Crippen LogP contribution in [-0.2, 0) is 21.6 Å². The number of hydrogen-bond acceptors (Lipinski definition) is 4. The van der Waals surface area contributed by atoms with Gasteiger partial charge in [-0.2, -0.15) is 0 Å². The number of hydrogen-bond donors (Lipinski definition) is 0. The molecule has 5 heteroatoms. The van der Waals surface area contributed by atoms with E-state index >= 15 is 0 Å². The minimum Gasteiger partial charge on any atom is -0.455 e. The lowest BCUT2D eigenvalue weighted by atomic mass is 9.78. The molecule has 1 saturated carbocycles. The summed E-state index contributed by atoms with van der Waals surface area (Å²) < 4.78 is 25.4. The highest BCUT2D eigenvalue weighted by atomic mass is 19.1. The summed E-state index contributed by atoms with van der Waals surface area (Å²) >= 11 is 0. The smallest absolute Gasteiger partial charge is 0.317 e. The van der Waals surface area contributed by atoms with Crippen LogP contribution in [0.1, 0.15) is 37.1 Å². The molecule has 3 aromatic rings. The highest BCUT2D eigenvalue weighted by Gasteiger charge is 2.45. The normalized spacial score (nSPS) is 16.2. The zero-order chi connectivity index (χ0) is 17.3. The van der Waals surface area contributed by atoms with E-state index in [-0.39, 0.29) is 12.4 Å². The van der Waals surface area contributed by atoms with Crippen molar-refractivity contribution in [2.75, 3.05) is 0 Å². The van der Waals surface area contributed by atoms with Crippen LogP contribution < -0.4 is 0 Å². The van der Waals surface area contributed by atoms with Crippen molar-refractivity contribution in [3.05, 3.63) is 65.8 Å². The van der Waals surface area contributed by atoms with Crippen LogP contribution in [0.15, 0.2) is 52.9 Å². The van der Waals surface area contributed by atoms with Gasteiger partial charge in [0.25, 0.3) is 0 Å². The molecule has 2 aromatic carbocycles. The van der Waals surface area contributed by atoms with E-state index < -0.39 is 11.4 Å². The summed E-state index contributed by atoms with van der Waals surface area (Å²) in [7, 11) is 0. The molecular weight excluding hydrogens is 321 g/mol. The lowest BCUT2D eigenvalue weighted by molar-refractivity contribution is -0.152. The van der Waals surface area contributed by atoms with Gasteiger partial charge >= 0.3 is 5.97 Å². The first kappa shape index (κ1) is 15.8. The minimum absolute atomic E-state index is 0.0519. The van der Waals surface area contributed by atoms with E-state index in [2.05, 4.69) is 4.98 Å².